The SMILES string of the molecule is CCOCCCO[C@@H](c1ccccc1)c1cccc(C(=O)NC(CNC)CC2CCCCC2)c1. The van der Waals surface area contributed by atoms with Crippen LogP contribution in [0.4, 0.5) is 0 Å². The van der Waals surface area contributed by atoms with Crippen molar-refractivity contribution in [2.45, 2.75) is 64.0 Å². The summed E-state index contributed by atoms with van der Waals surface area (Å²) < 4.78 is 11.7. The molecular formula is C29H42N2O3. The van der Waals surface area contributed by atoms with Crippen LogP contribution in [0.2, 0.25) is 0 Å². The summed E-state index contributed by atoms with van der Waals surface area (Å²) in [6.07, 6.45) is 8.22. The van der Waals surface area contributed by atoms with Crippen LogP contribution in [0.25, 0.3) is 0 Å². The number of carbonyl (C=O) groups is 1. The van der Waals surface area contributed by atoms with Crippen LogP contribution in [0.3, 0.4) is 0 Å². The largest absolute Gasteiger partial charge is 0.382 e. The van der Waals surface area contributed by atoms with E-state index in [9.17, 15) is 4.79 Å². The first kappa shape index (κ1) is 26.4. The quantitative estimate of drug-likeness (QED) is 0.361. The van der Waals surface area contributed by atoms with E-state index in [2.05, 4.69) is 22.8 Å². The summed E-state index contributed by atoms with van der Waals surface area (Å²) in [5, 5.41) is 6.55. The Morgan fingerprint density at radius 3 is 2.50 bits per heavy atom. The second-order valence-electron chi connectivity index (χ2n) is 9.31. The molecule has 2 aromatic rings. The number of hydrogen-bond acceptors (Lipinski definition) is 4. The standard InChI is InChI=1S/C29H42N2O3/c1-3-33-18-11-19-34-28(24-14-8-5-9-15-24)25-16-10-17-26(21-25)29(32)31-27(22-30-2)20-23-12-6-4-7-13-23/h5,8-10,14-17,21,23,27-28,30H,3-4,6-7,11-13,18-20,22H2,1-2H3,(H,31,32)/t27?,28-/m0/s1. The molecule has 0 spiro atoms. The highest BCUT2D eigenvalue weighted by Crippen LogP contribution is 2.28. The van der Waals surface area contributed by atoms with Gasteiger partial charge >= 0.3 is 0 Å². The maximum absolute atomic E-state index is 13.2. The van der Waals surface area contributed by atoms with Crippen LogP contribution in [0.5, 0.6) is 0 Å². The van der Waals surface area contributed by atoms with Crippen LogP contribution < -0.4 is 10.6 Å². The first-order valence-electron chi connectivity index (χ1n) is 13.0. The van der Waals surface area contributed by atoms with Crippen LogP contribution in [-0.2, 0) is 9.47 Å². The molecule has 0 radical (unpaired) electrons. The molecule has 5 nitrogen and oxygen atoms in total. The van der Waals surface area contributed by atoms with Crippen LogP contribution in [0, 0.1) is 5.92 Å². The summed E-state index contributed by atoms with van der Waals surface area (Å²) in [6, 6.07) is 18.2. The molecule has 0 aromatic heterocycles. The lowest BCUT2D eigenvalue weighted by molar-refractivity contribution is 0.0544. The van der Waals surface area contributed by atoms with Crippen molar-refractivity contribution in [2.24, 2.45) is 5.92 Å². The third-order valence-corrected chi connectivity index (χ3v) is 6.60. The Labute approximate surface area is 205 Å². The molecule has 2 aromatic carbocycles. The smallest absolute Gasteiger partial charge is 0.251 e. The minimum atomic E-state index is -0.217. The van der Waals surface area contributed by atoms with E-state index in [0.29, 0.717) is 31.3 Å². The van der Waals surface area contributed by atoms with Gasteiger partial charge in [-0.3, -0.25) is 4.79 Å². The lowest BCUT2D eigenvalue weighted by Crippen LogP contribution is -2.42. The molecule has 0 bridgehead atoms. The van der Waals surface area contributed by atoms with Gasteiger partial charge in [-0.05, 0) is 56.0 Å². The molecule has 1 fully saturated rings. The molecule has 5 heteroatoms. The zero-order valence-electron chi connectivity index (χ0n) is 20.9. The van der Waals surface area contributed by atoms with Gasteiger partial charge in [-0.25, -0.2) is 0 Å². The van der Waals surface area contributed by atoms with Crippen LogP contribution in [0.15, 0.2) is 54.6 Å². The molecular weight excluding hydrogens is 424 g/mol. The fourth-order valence-electron chi connectivity index (χ4n) is 4.90. The Morgan fingerprint density at radius 1 is 1.00 bits per heavy atom. The second kappa shape index (κ2) is 14.9. The van der Waals surface area contributed by atoms with Gasteiger partial charge < -0.3 is 20.1 Å². The van der Waals surface area contributed by atoms with E-state index in [-0.39, 0.29) is 18.1 Å². The van der Waals surface area contributed by atoms with E-state index in [0.717, 1.165) is 30.5 Å². The van der Waals surface area contributed by atoms with Crippen molar-refractivity contribution in [3.05, 3.63) is 71.3 Å². The predicted molar refractivity (Wildman–Crippen MR) is 138 cm³/mol. The monoisotopic (exact) mass is 466 g/mol. The van der Waals surface area contributed by atoms with E-state index in [4.69, 9.17) is 9.47 Å². The summed E-state index contributed by atoms with van der Waals surface area (Å²) in [7, 11) is 1.95. The molecule has 1 amide bonds. The number of rotatable bonds is 14. The van der Waals surface area contributed by atoms with Crippen LogP contribution in [0.1, 0.15) is 79.5 Å². The third kappa shape index (κ3) is 8.53. The molecule has 34 heavy (non-hydrogen) atoms. The molecule has 0 aliphatic heterocycles. The Kier molecular flexibility index (Phi) is 11.6. The van der Waals surface area contributed by atoms with E-state index >= 15 is 0 Å². The molecule has 2 atom stereocenters. The lowest BCUT2D eigenvalue weighted by Gasteiger charge is -2.27. The van der Waals surface area contributed by atoms with E-state index < -0.39 is 0 Å². The average Bonchev–Trinajstić information content (AvgIpc) is 2.87. The number of likely N-dealkylation sites (N-methyl/N-ethyl adjacent to an activating group) is 1. The maximum Gasteiger partial charge on any atom is 0.251 e. The Bertz CT molecular complexity index is 836. The molecule has 186 valence electrons. The number of nitrogens with one attached hydrogen (secondary N) is 2. The van der Waals surface area contributed by atoms with Gasteiger partial charge in [-0.1, -0.05) is 74.6 Å². The number of benzene rings is 2. The minimum Gasteiger partial charge on any atom is -0.382 e. The van der Waals surface area contributed by atoms with Gasteiger partial charge in [0.2, 0.25) is 0 Å². The summed E-state index contributed by atoms with van der Waals surface area (Å²) in [5.74, 6) is 0.701. The molecule has 1 aliphatic rings. The zero-order valence-corrected chi connectivity index (χ0v) is 20.9. The topological polar surface area (TPSA) is 59.6 Å². The fourth-order valence-corrected chi connectivity index (χ4v) is 4.90. The van der Waals surface area contributed by atoms with Gasteiger partial charge in [-0.2, -0.15) is 0 Å². The molecule has 3 rings (SSSR count). The second-order valence-corrected chi connectivity index (χ2v) is 9.31. The number of hydrogen-bond donors (Lipinski definition) is 2. The normalized spacial score (nSPS) is 16.2. The van der Waals surface area contributed by atoms with Crippen LogP contribution >= 0.6 is 0 Å². The number of carbonyl (C=O) groups excluding carboxylic acids is 1. The van der Waals surface area contributed by atoms with E-state index in [1.54, 1.807) is 0 Å². The lowest BCUT2D eigenvalue weighted by atomic mass is 9.84. The summed E-state index contributed by atoms with van der Waals surface area (Å²) in [6.45, 7) is 4.79. The minimum absolute atomic E-state index is 0.0129. The van der Waals surface area contributed by atoms with Crippen molar-refractivity contribution in [1.82, 2.24) is 10.6 Å². The molecule has 0 saturated heterocycles. The van der Waals surface area contributed by atoms with Gasteiger partial charge in [-0.15, -0.1) is 0 Å². The van der Waals surface area contributed by atoms with Crippen molar-refractivity contribution >= 4 is 5.91 Å². The molecule has 0 heterocycles. The summed E-state index contributed by atoms with van der Waals surface area (Å²) >= 11 is 0. The first-order chi connectivity index (χ1) is 16.7. The van der Waals surface area contributed by atoms with Gasteiger partial charge in [0.25, 0.3) is 5.91 Å². The third-order valence-electron chi connectivity index (χ3n) is 6.60. The van der Waals surface area contributed by atoms with E-state index in [1.807, 2.05) is 56.4 Å². The summed E-state index contributed by atoms with van der Waals surface area (Å²) in [5.41, 5.74) is 2.76. The molecule has 1 saturated carbocycles. The Hall–Kier alpha value is -2.21. The van der Waals surface area contributed by atoms with Crippen molar-refractivity contribution in [2.75, 3.05) is 33.4 Å². The molecule has 2 N–H and O–H groups in total. The average molecular weight is 467 g/mol. The Balaban J connectivity index is 1.69. The Morgan fingerprint density at radius 2 is 1.76 bits per heavy atom. The van der Waals surface area contributed by atoms with Gasteiger partial charge in [0.15, 0.2) is 0 Å². The van der Waals surface area contributed by atoms with Crippen molar-refractivity contribution < 1.29 is 14.3 Å². The van der Waals surface area contributed by atoms with Gasteiger partial charge in [0.1, 0.15) is 6.10 Å². The number of amides is 1. The van der Waals surface area contributed by atoms with Crippen molar-refractivity contribution in [3.63, 3.8) is 0 Å². The van der Waals surface area contributed by atoms with Crippen molar-refractivity contribution in [3.8, 4) is 0 Å². The highest BCUT2D eigenvalue weighted by atomic mass is 16.5. The molecule has 1 unspecified atom stereocenters. The number of ether oxygens (including phenoxy) is 2. The van der Waals surface area contributed by atoms with Gasteiger partial charge in [0.05, 0.1) is 6.61 Å². The van der Waals surface area contributed by atoms with E-state index in [1.165, 1.54) is 32.1 Å². The first-order valence-corrected chi connectivity index (χ1v) is 13.0. The predicted octanol–water partition coefficient (Wildman–Crippen LogP) is 5.51. The molecule has 1 aliphatic carbocycles. The van der Waals surface area contributed by atoms with Gasteiger partial charge in [0, 0.05) is 31.4 Å². The maximum atomic E-state index is 13.2. The highest BCUT2D eigenvalue weighted by Gasteiger charge is 2.22. The zero-order chi connectivity index (χ0) is 24.0. The summed E-state index contributed by atoms with van der Waals surface area (Å²) in [4.78, 5) is 13.2. The highest BCUT2D eigenvalue weighted by molar-refractivity contribution is 5.94. The fraction of sp³-hybridized carbons (Fsp3) is 0.552. The van der Waals surface area contributed by atoms with Crippen molar-refractivity contribution in [1.29, 1.82) is 0 Å². The van der Waals surface area contributed by atoms with Crippen LogP contribution in [-0.4, -0.2) is 45.4 Å².